The third-order valence-electron chi connectivity index (χ3n) is 3.47. The minimum Gasteiger partial charge on any atom is -0.488 e. The van der Waals surface area contributed by atoms with Gasteiger partial charge in [-0.15, -0.1) is 0 Å². The summed E-state index contributed by atoms with van der Waals surface area (Å²) in [6.45, 7) is 2.53. The van der Waals surface area contributed by atoms with Crippen molar-refractivity contribution in [1.29, 1.82) is 0 Å². The zero-order chi connectivity index (χ0) is 15.9. The number of benzene rings is 2. The van der Waals surface area contributed by atoms with Gasteiger partial charge in [-0.2, -0.15) is 0 Å². The number of methoxy groups -OCH3 is 1. The Morgan fingerprint density at radius 3 is 2.50 bits per heavy atom. The Balaban J connectivity index is 2.10. The minimum atomic E-state index is -0.249. The van der Waals surface area contributed by atoms with Gasteiger partial charge < -0.3 is 9.47 Å². The van der Waals surface area contributed by atoms with E-state index in [1.165, 1.54) is 12.7 Å². The molecule has 2 aromatic carbocycles. The van der Waals surface area contributed by atoms with Crippen LogP contribution in [-0.4, -0.2) is 13.1 Å². The van der Waals surface area contributed by atoms with Crippen molar-refractivity contribution in [3.05, 3.63) is 63.6 Å². The molecule has 0 atom stereocenters. The maximum Gasteiger partial charge on any atom is 0.309 e. The van der Waals surface area contributed by atoms with Gasteiger partial charge in [-0.1, -0.05) is 37.3 Å². The molecule has 0 radical (unpaired) electrons. The molecular formula is C18H19BrO3. The second-order valence-electron chi connectivity index (χ2n) is 4.93. The Morgan fingerprint density at radius 2 is 1.86 bits per heavy atom. The Labute approximate surface area is 139 Å². The average Bonchev–Trinajstić information content (AvgIpc) is 2.54. The molecule has 0 aliphatic rings. The van der Waals surface area contributed by atoms with Crippen molar-refractivity contribution < 1.29 is 14.3 Å². The molecule has 2 aromatic rings. The maximum atomic E-state index is 11.5. The van der Waals surface area contributed by atoms with Crippen molar-refractivity contribution in [2.75, 3.05) is 7.11 Å². The fourth-order valence-electron chi connectivity index (χ4n) is 2.14. The molecule has 0 aliphatic heterocycles. The molecular weight excluding hydrogens is 344 g/mol. The molecule has 0 bridgehead atoms. The van der Waals surface area contributed by atoms with Crippen molar-refractivity contribution in [3.8, 4) is 5.75 Å². The summed E-state index contributed by atoms with van der Waals surface area (Å²) in [5, 5.41) is 0. The number of carbonyl (C=O) groups is 1. The van der Waals surface area contributed by atoms with E-state index in [1.54, 1.807) is 0 Å². The van der Waals surface area contributed by atoms with Crippen LogP contribution in [0, 0.1) is 0 Å². The molecule has 0 aromatic heterocycles. The Kier molecular flexibility index (Phi) is 6.01. The van der Waals surface area contributed by atoms with Gasteiger partial charge in [0.1, 0.15) is 12.4 Å². The van der Waals surface area contributed by atoms with Gasteiger partial charge in [0, 0.05) is 0 Å². The highest BCUT2D eigenvalue weighted by molar-refractivity contribution is 9.10. The standard InChI is InChI=1S/C18H19BrO3/c1-3-13-8-9-17(16(19)10-13)22-12-15-7-5-4-6-14(15)11-18(20)21-2/h4-10H,3,11-12H2,1-2H3. The molecule has 4 heteroatoms. The molecule has 116 valence electrons. The van der Waals surface area contributed by atoms with Crippen LogP contribution >= 0.6 is 15.9 Å². The highest BCUT2D eigenvalue weighted by Crippen LogP contribution is 2.27. The van der Waals surface area contributed by atoms with Crippen LogP contribution in [0.1, 0.15) is 23.6 Å². The number of esters is 1. The predicted molar refractivity (Wildman–Crippen MR) is 90.0 cm³/mol. The third kappa shape index (κ3) is 4.34. The zero-order valence-electron chi connectivity index (χ0n) is 12.8. The van der Waals surface area contributed by atoms with Crippen molar-refractivity contribution in [2.24, 2.45) is 0 Å². The normalized spacial score (nSPS) is 10.3. The lowest BCUT2D eigenvalue weighted by Gasteiger charge is -2.12. The van der Waals surface area contributed by atoms with E-state index in [0.717, 1.165) is 27.8 Å². The zero-order valence-corrected chi connectivity index (χ0v) is 14.4. The topological polar surface area (TPSA) is 35.5 Å². The highest BCUT2D eigenvalue weighted by Gasteiger charge is 2.09. The fraction of sp³-hybridized carbons (Fsp3) is 0.278. The van der Waals surface area contributed by atoms with Crippen molar-refractivity contribution in [1.82, 2.24) is 0 Å². The lowest BCUT2D eigenvalue weighted by molar-refractivity contribution is -0.139. The number of halogens is 1. The molecule has 0 spiro atoms. The average molecular weight is 363 g/mol. The number of carbonyl (C=O) groups excluding carboxylic acids is 1. The molecule has 3 nitrogen and oxygen atoms in total. The van der Waals surface area contributed by atoms with Crippen molar-refractivity contribution in [3.63, 3.8) is 0 Å². The van der Waals surface area contributed by atoms with Gasteiger partial charge in [-0.25, -0.2) is 0 Å². The smallest absolute Gasteiger partial charge is 0.309 e. The van der Waals surface area contributed by atoms with Gasteiger partial charge in [-0.05, 0) is 51.2 Å². The first-order chi connectivity index (χ1) is 10.6. The number of rotatable bonds is 6. The molecule has 0 fully saturated rings. The summed E-state index contributed by atoms with van der Waals surface area (Å²) in [5.41, 5.74) is 3.17. The monoisotopic (exact) mass is 362 g/mol. The van der Waals surface area contributed by atoms with Crippen LogP contribution in [0.3, 0.4) is 0 Å². The Hall–Kier alpha value is -1.81. The summed E-state index contributed by atoms with van der Waals surface area (Å²) in [6.07, 6.45) is 1.24. The summed E-state index contributed by atoms with van der Waals surface area (Å²) in [6, 6.07) is 13.8. The summed E-state index contributed by atoms with van der Waals surface area (Å²) in [7, 11) is 1.40. The Bertz CT molecular complexity index is 653. The van der Waals surface area contributed by atoms with Crippen LogP contribution in [-0.2, 0) is 29.0 Å². The van der Waals surface area contributed by atoms with E-state index >= 15 is 0 Å². The summed E-state index contributed by atoms with van der Waals surface area (Å²) < 4.78 is 11.6. The van der Waals surface area contributed by atoms with E-state index in [1.807, 2.05) is 30.3 Å². The van der Waals surface area contributed by atoms with Crippen LogP contribution < -0.4 is 4.74 Å². The summed E-state index contributed by atoms with van der Waals surface area (Å²) in [5.74, 6) is 0.547. The molecule has 0 saturated carbocycles. The minimum absolute atomic E-state index is 0.249. The lowest BCUT2D eigenvalue weighted by Crippen LogP contribution is -2.08. The first-order valence-electron chi connectivity index (χ1n) is 7.18. The van der Waals surface area contributed by atoms with E-state index < -0.39 is 0 Å². The van der Waals surface area contributed by atoms with Gasteiger partial charge >= 0.3 is 5.97 Å². The van der Waals surface area contributed by atoms with Gasteiger partial charge in [0.2, 0.25) is 0 Å². The third-order valence-corrected chi connectivity index (χ3v) is 4.09. The number of hydrogen-bond acceptors (Lipinski definition) is 3. The van der Waals surface area contributed by atoms with E-state index in [4.69, 9.17) is 9.47 Å². The molecule has 0 N–H and O–H groups in total. The molecule has 0 unspecified atom stereocenters. The van der Waals surface area contributed by atoms with E-state index in [2.05, 4.69) is 35.0 Å². The number of ether oxygens (including phenoxy) is 2. The molecule has 0 amide bonds. The fourth-order valence-corrected chi connectivity index (χ4v) is 2.68. The Morgan fingerprint density at radius 1 is 1.14 bits per heavy atom. The van der Waals surface area contributed by atoms with Crippen LogP contribution in [0.5, 0.6) is 5.75 Å². The van der Waals surface area contributed by atoms with E-state index in [-0.39, 0.29) is 12.4 Å². The van der Waals surface area contributed by atoms with Crippen LogP contribution in [0.2, 0.25) is 0 Å². The number of aryl methyl sites for hydroxylation is 1. The molecule has 0 saturated heterocycles. The van der Waals surface area contributed by atoms with Gasteiger partial charge in [-0.3, -0.25) is 4.79 Å². The molecule has 0 aliphatic carbocycles. The predicted octanol–water partition coefficient (Wildman–Crippen LogP) is 4.31. The first kappa shape index (κ1) is 16.6. The van der Waals surface area contributed by atoms with Gasteiger partial charge in [0.15, 0.2) is 0 Å². The van der Waals surface area contributed by atoms with Crippen molar-refractivity contribution in [2.45, 2.75) is 26.4 Å². The lowest BCUT2D eigenvalue weighted by atomic mass is 10.1. The molecule has 22 heavy (non-hydrogen) atoms. The van der Waals surface area contributed by atoms with Crippen LogP contribution in [0.25, 0.3) is 0 Å². The van der Waals surface area contributed by atoms with Crippen molar-refractivity contribution >= 4 is 21.9 Å². The van der Waals surface area contributed by atoms with Gasteiger partial charge in [0.05, 0.1) is 18.0 Å². The first-order valence-corrected chi connectivity index (χ1v) is 7.98. The SMILES string of the molecule is CCc1ccc(OCc2ccccc2CC(=O)OC)c(Br)c1. The van der Waals surface area contributed by atoms with Crippen LogP contribution in [0.15, 0.2) is 46.9 Å². The van der Waals surface area contributed by atoms with E-state index in [0.29, 0.717) is 6.61 Å². The second-order valence-corrected chi connectivity index (χ2v) is 5.78. The molecule has 0 heterocycles. The quantitative estimate of drug-likeness (QED) is 0.718. The summed E-state index contributed by atoms with van der Waals surface area (Å²) >= 11 is 3.53. The molecule has 2 rings (SSSR count). The van der Waals surface area contributed by atoms with Crippen LogP contribution in [0.4, 0.5) is 0 Å². The van der Waals surface area contributed by atoms with E-state index in [9.17, 15) is 4.79 Å². The summed E-state index contributed by atoms with van der Waals surface area (Å²) in [4.78, 5) is 11.5. The largest absolute Gasteiger partial charge is 0.488 e. The second kappa shape index (κ2) is 7.99. The van der Waals surface area contributed by atoms with Gasteiger partial charge in [0.25, 0.3) is 0 Å². The maximum absolute atomic E-state index is 11.5. The highest BCUT2D eigenvalue weighted by atomic mass is 79.9. The number of hydrogen-bond donors (Lipinski definition) is 0.